The number of fused-ring (bicyclic) bond motifs is 1. The van der Waals surface area contributed by atoms with Crippen LogP contribution in [0.15, 0.2) is 53.6 Å². The minimum atomic E-state index is -3.90. The van der Waals surface area contributed by atoms with Gasteiger partial charge in [0.1, 0.15) is 0 Å². The Labute approximate surface area is 133 Å². The zero-order valence-corrected chi connectivity index (χ0v) is 13.4. The van der Waals surface area contributed by atoms with E-state index in [-0.39, 0.29) is 10.6 Å². The van der Waals surface area contributed by atoms with Crippen LogP contribution in [-0.4, -0.2) is 17.3 Å². The number of hydrogen-bond donors (Lipinski definition) is 0. The predicted octanol–water partition coefficient (Wildman–Crippen LogP) is 3.40. The summed E-state index contributed by atoms with van der Waals surface area (Å²) in [5.41, 5.74) is 1.68. The molecule has 0 atom stereocenters. The smallest absolute Gasteiger partial charge is 0.258 e. The summed E-state index contributed by atoms with van der Waals surface area (Å²) in [5, 5.41) is 11.6. The summed E-state index contributed by atoms with van der Waals surface area (Å²) in [6.45, 7) is 3.58. The van der Waals surface area contributed by atoms with Crippen LogP contribution >= 0.6 is 0 Å². The van der Waals surface area contributed by atoms with Crippen molar-refractivity contribution in [1.29, 1.82) is 0 Å². The van der Waals surface area contributed by atoms with Gasteiger partial charge in [0, 0.05) is 0 Å². The van der Waals surface area contributed by atoms with Gasteiger partial charge in [-0.2, -0.15) is 0 Å². The maximum absolute atomic E-state index is 12.8. The zero-order chi connectivity index (χ0) is 16.8. The van der Waals surface area contributed by atoms with Crippen LogP contribution in [0.25, 0.3) is 10.9 Å². The Morgan fingerprint density at radius 3 is 2.30 bits per heavy atom. The van der Waals surface area contributed by atoms with E-state index in [0.29, 0.717) is 16.5 Å². The zero-order valence-electron chi connectivity index (χ0n) is 12.6. The fourth-order valence-corrected chi connectivity index (χ4v) is 3.93. The molecule has 0 N–H and O–H groups in total. The standard InChI is InChI=1S/C16H14N2O4S/c1-11-6-8-13(9-7-11)23(21,22)17-10-15(18(19)20)16-12(2)4-3-5-14(16)17/h3-10H,1-2H3. The number of nitrogens with zero attached hydrogens (tertiary/aromatic N) is 2. The minimum absolute atomic E-state index is 0.0939. The number of hydrogen-bond acceptors (Lipinski definition) is 4. The molecule has 0 saturated heterocycles. The summed E-state index contributed by atoms with van der Waals surface area (Å²) in [5.74, 6) is 0. The SMILES string of the molecule is Cc1ccc(S(=O)(=O)n2cc([N+](=O)[O-])c3c(C)cccc32)cc1. The molecule has 0 aliphatic rings. The van der Waals surface area contributed by atoms with E-state index < -0.39 is 14.9 Å². The average Bonchev–Trinajstić information content (AvgIpc) is 2.89. The second kappa shape index (κ2) is 5.20. The first-order valence-corrected chi connectivity index (χ1v) is 8.33. The van der Waals surface area contributed by atoms with Crippen LogP contribution in [0.5, 0.6) is 0 Å². The quantitative estimate of drug-likeness (QED) is 0.544. The van der Waals surface area contributed by atoms with Crippen LogP contribution in [0.3, 0.4) is 0 Å². The molecule has 3 aromatic rings. The molecular formula is C16H14N2O4S. The van der Waals surface area contributed by atoms with Crippen molar-refractivity contribution in [3.8, 4) is 0 Å². The van der Waals surface area contributed by atoms with E-state index in [1.807, 2.05) is 6.92 Å². The van der Waals surface area contributed by atoms with Crippen molar-refractivity contribution < 1.29 is 13.3 Å². The fourth-order valence-electron chi connectivity index (χ4n) is 2.58. The van der Waals surface area contributed by atoms with E-state index in [4.69, 9.17) is 0 Å². The van der Waals surface area contributed by atoms with E-state index in [2.05, 4.69) is 0 Å². The Bertz CT molecular complexity index is 1020. The highest BCUT2D eigenvalue weighted by atomic mass is 32.2. The van der Waals surface area contributed by atoms with Gasteiger partial charge in [0.15, 0.2) is 0 Å². The fraction of sp³-hybridized carbons (Fsp3) is 0.125. The molecule has 0 saturated carbocycles. The van der Waals surface area contributed by atoms with E-state index in [9.17, 15) is 18.5 Å². The molecule has 1 heterocycles. The Hall–Kier alpha value is -2.67. The van der Waals surface area contributed by atoms with Crippen LogP contribution in [0.1, 0.15) is 11.1 Å². The number of benzene rings is 2. The van der Waals surface area contributed by atoms with Crippen molar-refractivity contribution in [3.05, 3.63) is 69.9 Å². The van der Waals surface area contributed by atoms with Gasteiger partial charge in [0.2, 0.25) is 0 Å². The topological polar surface area (TPSA) is 82.2 Å². The van der Waals surface area contributed by atoms with E-state index in [1.165, 1.54) is 12.1 Å². The predicted molar refractivity (Wildman–Crippen MR) is 87.1 cm³/mol. The number of nitro groups is 1. The second-order valence-electron chi connectivity index (χ2n) is 5.35. The molecule has 118 valence electrons. The first kappa shape index (κ1) is 15.2. The Morgan fingerprint density at radius 1 is 1.04 bits per heavy atom. The summed E-state index contributed by atoms with van der Waals surface area (Å²) in [6.07, 6.45) is 1.08. The molecule has 0 fully saturated rings. The third kappa shape index (κ3) is 2.39. The maximum atomic E-state index is 12.8. The molecule has 3 rings (SSSR count). The van der Waals surface area contributed by atoms with Gasteiger partial charge < -0.3 is 0 Å². The van der Waals surface area contributed by atoms with Gasteiger partial charge in [-0.25, -0.2) is 12.4 Å². The van der Waals surface area contributed by atoms with Crippen molar-refractivity contribution in [3.63, 3.8) is 0 Å². The number of aromatic nitrogens is 1. The summed E-state index contributed by atoms with van der Waals surface area (Å²) in [4.78, 5) is 10.8. The first-order valence-electron chi connectivity index (χ1n) is 6.89. The summed E-state index contributed by atoms with van der Waals surface area (Å²) < 4.78 is 26.7. The molecule has 1 aromatic heterocycles. The number of rotatable bonds is 3. The minimum Gasteiger partial charge on any atom is -0.258 e. The van der Waals surface area contributed by atoms with Crippen LogP contribution in [0.4, 0.5) is 5.69 Å². The van der Waals surface area contributed by atoms with Crippen LogP contribution in [0.2, 0.25) is 0 Å². The highest BCUT2D eigenvalue weighted by Gasteiger charge is 2.26. The van der Waals surface area contributed by atoms with Gasteiger partial charge in [-0.1, -0.05) is 29.8 Å². The largest absolute Gasteiger partial charge is 0.296 e. The van der Waals surface area contributed by atoms with Crippen LogP contribution in [-0.2, 0) is 10.0 Å². The van der Waals surface area contributed by atoms with Crippen molar-refractivity contribution in [2.75, 3.05) is 0 Å². The molecule has 2 aromatic carbocycles. The monoisotopic (exact) mass is 330 g/mol. The molecule has 23 heavy (non-hydrogen) atoms. The molecule has 0 radical (unpaired) electrons. The summed E-state index contributed by atoms with van der Waals surface area (Å²) in [6, 6.07) is 11.4. The summed E-state index contributed by atoms with van der Waals surface area (Å²) in [7, 11) is -3.90. The lowest BCUT2D eigenvalue weighted by atomic mass is 10.1. The van der Waals surface area contributed by atoms with Gasteiger partial charge in [-0.15, -0.1) is 0 Å². The van der Waals surface area contributed by atoms with Crippen molar-refractivity contribution in [2.45, 2.75) is 18.7 Å². The molecule has 0 bridgehead atoms. The summed E-state index contributed by atoms with van der Waals surface area (Å²) >= 11 is 0. The Balaban J connectivity index is 2.34. The van der Waals surface area contributed by atoms with E-state index >= 15 is 0 Å². The van der Waals surface area contributed by atoms with Gasteiger partial charge in [0.05, 0.1) is 26.9 Å². The van der Waals surface area contributed by atoms with Gasteiger partial charge in [-0.3, -0.25) is 10.1 Å². The van der Waals surface area contributed by atoms with Crippen molar-refractivity contribution >= 4 is 26.6 Å². The molecule has 0 aliphatic carbocycles. The Kier molecular flexibility index (Phi) is 3.45. The van der Waals surface area contributed by atoms with Crippen LogP contribution < -0.4 is 0 Å². The lowest BCUT2D eigenvalue weighted by Crippen LogP contribution is -2.11. The molecule has 0 aliphatic heterocycles. The second-order valence-corrected chi connectivity index (χ2v) is 7.17. The first-order chi connectivity index (χ1) is 10.8. The normalized spacial score (nSPS) is 11.7. The average molecular weight is 330 g/mol. The molecule has 6 nitrogen and oxygen atoms in total. The molecule has 0 spiro atoms. The molecule has 7 heteroatoms. The van der Waals surface area contributed by atoms with Crippen molar-refractivity contribution in [1.82, 2.24) is 3.97 Å². The third-order valence-corrected chi connectivity index (χ3v) is 5.45. The maximum Gasteiger partial charge on any atom is 0.296 e. The van der Waals surface area contributed by atoms with E-state index in [1.54, 1.807) is 37.3 Å². The Morgan fingerprint density at radius 2 is 1.70 bits per heavy atom. The third-order valence-electron chi connectivity index (χ3n) is 3.76. The molecule has 0 unspecified atom stereocenters. The lowest BCUT2D eigenvalue weighted by molar-refractivity contribution is -0.383. The van der Waals surface area contributed by atoms with Crippen molar-refractivity contribution in [2.24, 2.45) is 0 Å². The van der Waals surface area contributed by atoms with E-state index in [0.717, 1.165) is 15.7 Å². The van der Waals surface area contributed by atoms with Gasteiger partial charge >= 0.3 is 0 Å². The molecular weight excluding hydrogens is 316 g/mol. The number of aryl methyl sites for hydroxylation is 2. The van der Waals surface area contributed by atoms with Crippen LogP contribution in [0, 0.1) is 24.0 Å². The highest BCUT2D eigenvalue weighted by Crippen LogP contribution is 2.33. The highest BCUT2D eigenvalue weighted by molar-refractivity contribution is 7.90. The lowest BCUT2D eigenvalue weighted by Gasteiger charge is -2.07. The van der Waals surface area contributed by atoms with Gasteiger partial charge in [-0.05, 0) is 37.6 Å². The molecule has 0 amide bonds. The van der Waals surface area contributed by atoms with Gasteiger partial charge in [0.25, 0.3) is 15.7 Å².